The number of carbonyl (C=O) groups excluding carboxylic acids is 2. The van der Waals surface area contributed by atoms with E-state index in [9.17, 15) is 14.4 Å². The van der Waals surface area contributed by atoms with Crippen LogP contribution >= 0.6 is 0 Å². The number of nitrogens with one attached hydrogen (secondary N) is 2. The maximum absolute atomic E-state index is 12.1. The molecule has 0 saturated carbocycles. The molecular weight excluding hydrogens is 484 g/mol. The second-order valence-corrected chi connectivity index (χ2v) is 8.80. The minimum absolute atomic E-state index is 0.0727. The van der Waals surface area contributed by atoms with E-state index in [2.05, 4.69) is 30.6 Å². The summed E-state index contributed by atoms with van der Waals surface area (Å²) in [6.45, 7) is 5.58. The third kappa shape index (κ3) is 13.5. The highest BCUT2D eigenvalue weighted by molar-refractivity contribution is 5.90. The molecule has 0 aliphatic carbocycles. The van der Waals surface area contributed by atoms with Crippen LogP contribution in [0.5, 0.6) is 0 Å². The van der Waals surface area contributed by atoms with E-state index in [0.29, 0.717) is 6.42 Å². The summed E-state index contributed by atoms with van der Waals surface area (Å²) in [5.41, 5.74) is 1.89. The number of carboxylic acid groups (broad SMARTS) is 1. The Hall–Kier alpha value is -3.75. The quantitative estimate of drug-likeness (QED) is 0.220. The van der Waals surface area contributed by atoms with Gasteiger partial charge in [-0.25, -0.2) is 0 Å². The number of carbonyl (C=O) groups is 3. The number of allylic oxidation sites excluding steroid dienone is 4. The zero-order valence-electron chi connectivity index (χ0n) is 22.8. The molecule has 0 aromatic heterocycles. The van der Waals surface area contributed by atoms with Crippen molar-refractivity contribution < 1.29 is 29.0 Å². The third-order valence-electron chi connectivity index (χ3n) is 5.70. The number of carboxylic acids is 1. The molecule has 8 nitrogen and oxygen atoms in total. The van der Waals surface area contributed by atoms with Crippen LogP contribution in [0.3, 0.4) is 0 Å². The second kappa shape index (κ2) is 18.5. The Kier molecular flexibility index (Phi) is 15.7. The SMILES string of the molecule is COC(C=Cc1ccccc1)C(C)C(OC)C(C)C=CC(C)=CC(=O)NC=CCC=CC(=O)NCC(=O)O. The molecule has 8 heteroatoms. The average molecular weight is 525 g/mol. The van der Waals surface area contributed by atoms with Gasteiger partial charge in [-0.1, -0.05) is 80.6 Å². The van der Waals surface area contributed by atoms with Crippen molar-refractivity contribution in [3.8, 4) is 0 Å². The molecule has 0 heterocycles. The zero-order valence-corrected chi connectivity index (χ0v) is 22.8. The first kappa shape index (κ1) is 32.3. The number of benzene rings is 1. The molecule has 4 atom stereocenters. The highest BCUT2D eigenvalue weighted by atomic mass is 16.5. The first-order valence-electron chi connectivity index (χ1n) is 12.4. The minimum Gasteiger partial charge on any atom is -0.480 e. The van der Waals surface area contributed by atoms with Crippen molar-refractivity contribution in [1.82, 2.24) is 10.6 Å². The van der Waals surface area contributed by atoms with Crippen LogP contribution in [0.4, 0.5) is 0 Å². The highest BCUT2D eigenvalue weighted by Gasteiger charge is 2.27. The lowest BCUT2D eigenvalue weighted by molar-refractivity contribution is -0.137. The number of hydrogen-bond acceptors (Lipinski definition) is 5. The van der Waals surface area contributed by atoms with Crippen molar-refractivity contribution in [1.29, 1.82) is 0 Å². The summed E-state index contributed by atoms with van der Waals surface area (Å²) in [4.78, 5) is 33.9. The van der Waals surface area contributed by atoms with Gasteiger partial charge in [0.15, 0.2) is 0 Å². The lowest BCUT2D eigenvalue weighted by atomic mass is 9.88. The van der Waals surface area contributed by atoms with E-state index in [1.165, 1.54) is 18.4 Å². The molecule has 1 aromatic rings. The first-order valence-corrected chi connectivity index (χ1v) is 12.4. The monoisotopic (exact) mass is 524 g/mol. The maximum atomic E-state index is 12.1. The summed E-state index contributed by atoms with van der Waals surface area (Å²) in [5.74, 6) is -1.72. The molecular formula is C30H40N2O6. The lowest BCUT2D eigenvalue weighted by Crippen LogP contribution is -2.35. The molecule has 1 aromatic carbocycles. The highest BCUT2D eigenvalue weighted by Crippen LogP contribution is 2.24. The fourth-order valence-corrected chi connectivity index (χ4v) is 3.73. The summed E-state index contributed by atoms with van der Waals surface area (Å²) in [6.07, 6.45) is 15.7. The number of hydrogen-bond donors (Lipinski definition) is 3. The molecule has 2 amide bonds. The van der Waals surface area contributed by atoms with Gasteiger partial charge in [-0.2, -0.15) is 0 Å². The van der Waals surface area contributed by atoms with Crippen LogP contribution in [0.2, 0.25) is 0 Å². The predicted molar refractivity (Wildman–Crippen MR) is 150 cm³/mol. The number of rotatable bonds is 16. The van der Waals surface area contributed by atoms with Crippen molar-refractivity contribution >= 4 is 23.9 Å². The first-order chi connectivity index (χ1) is 18.2. The Bertz CT molecular complexity index is 1030. The van der Waals surface area contributed by atoms with E-state index < -0.39 is 18.4 Å². The van der Waals surface area contributed by atoms with Crippen molar-refractivity contribution in [2.75, 3.05) is 20.8 Å². The van der Waals surface area contributed by atoms with Gasteiger partial charge in [0.05, 0.1) is 12.2 Å². The molecule has 0 saturated heterocycles. The van der Waals surface area contributed by atoms with E-state index in [4.69, 9.17) is 14.6 Å². The summed E-state index contributed by atoms with van der Waals surface area (Å²) in [7, 11) is 3.39. The van der Waals surface area contributed by atoms with Crippen molar-refractivity contribution in [2.24, 2.45) is 11.8 Å². The number of amides is 2. The smallest absolute Gasteiger partial charge is 0.322 e. The Morgan fingerprint density at radius 3 is 2.32 bits per heavy atom. The van der Waals surface area contributed by atoms with Gasteiger partial charge < -0.3 is 25.2 Å². The Labute approximate surface area is 225 Å². The van der Waals surface area contributed by atoms with E-state index in [1.807, 2.05) is 55.5 Å². The molecule has 0 aliphatic rings. The van der Waals surface area contributed by atoms with E-state index in [-0.39, 0.29) is 30.0 Å². The van der Waals surface area contributed by atoms with Crippen molar-refractivity contribution in [3.63, 3.8) is 0 Å². The second-order valence-electron chi connectivity index (χ2n) is 8.80. The third-order valence-corrected chi connectivity index (χ3v) is 5.70. The largest absolute Gasteiger partial charge is 0.480 e. The van der Waals surface area contributed by atoms with E-state index >= 15 is 0 Å². The number of aliphatic carboxylic acids is 1. The fraction of sp³-hybridized carbons (Fsp3) is 0.367. The van der Waals surface area contributed by atoms with Gasteiger partial charge in [0.1, 0.15) is 6.54 Å². The van der Waals surface area contributed by atoms with Crippen molar-refractivity contribution in [2.45, 2.75) is 39.4 Å². The van der Waals surface area contributed by atoms with Crippen LogP contribution in [-0.4, -0.2) is 55.9 Å². The predicted octanol–water partition coefficient (Wildman–Crippen LogP) is 4.28. The molecule has 206 valence electrons. The van der Waals surface area contributed by atoms with Crippen LogP contribution in [0.15, 0.2) is 84.6 Å². The van der Waals surface area contributed by atoms with E-state index in [1.54, 1.807) is 26.4 Å². The van der Waals surface area contributed by atoms with Gasteiger partial charge >= 0.3 is 5.97 Å². The van der Waals surface area contributed by atoms with Crippen LogP contribution in [-0.2, 0) is 23.9 Å². The molecule has 4 unspecified atom stereocenters. The van der Waals surface area contributed by atoms with Crippen LogP contribution in [0.1, 0.15) is 32.8 Å². The topological polar surface area (TPSA) is 114 Å². The normalized spacial score (nSPS) is 15.7. The van der Waals surface area contributed by atoms with Gasteiger partial charge in [0.25, 0.3) is 0 Å². The Balaban J connectivity index is 2.59. The Morgan fingerprint density at radius 1 is 0.974 bits per heavy atom. The summed E-state index contributed by atoms with van der Waals surface area (Å²) >= 11 is 0. The van der Waals surface area contributed by atoms with Gasteiger partial charge in [-0.05, 0) is 30.6 Å². The standard InChI is InChI=1S/C30H40N2O6/c1-22(20-28(34)31-19-11-7-10-14-27(33)32-21-29(35)36)15-16-23(2)30(38-5)24(3)26(37-4)18-17-25-12-8-6-9-13-25/h6,8-20,23-24,26,30H,7,21H2,1-5H3,(H,31,34)(H,32,33)(H,35,36). The molecule has 0 radical (unpaired) electrons. The van der Waals surface area contributed by atoms with Crippen LogP contribution in [0.25, 0.3) is 6.08 Å². The molecule has 38 heavy (non-hydrogen) atoms. The molecule has 0 aliphatic heterocycles. The Morgan fingerprint density at radius 2 is 1.68 bits per heavy atom. The summed E-state index contributed by atoms with van der Waals surface area (Å²) in [6, 6.07) is 10.1. The molecule has 3 N–H and O–H groups in total. The molecule has 1 rings (SSSR count). The molecule has 0 bridgehead atoms. The maximum Gasteiger partial charge on any atom is 0.322 e. The van der Waals surface area contributed by atoms with Gasteiger partial charge in [-0.15, -0.1) is 0 Å². The molecule has 0 fully saturated rings. The number of ether oxygens (including phenoxy) is 2. The summed E-state index contributed by atoms with van der Waals surface area (Å²) in [5, 5.41) is 13.4. The fourth-order valence-electron chi connectivity index (χ4n) is 3.73. The van der Waals surface area contributed by atoms with Gasteiger partial charge in [-0.3, -0.25) is 14.4 Å². The zero-order chi connectivity index (χ0) is 28.3. The van der Waals surface area contributed by atoms with Crippen molar-refractivity contribution in [3.05, 3.63) is 90.2 Å². The minimum atomic E-state index is -1.11. The number of methoxy groups -OCH3 is 2. The average Bonchev–Trinajstić information content (AvgIpc) is 2.89. The van der Waals surface area contributed by atoms with Crippen LogP contribution < -0.4 is 10.6 Å². The van der Waals surface area contributed by atoms with Crippen LogP contribution in [0, 0.1) is 11.8 Å². The van der Waals surface area contributed by atoms with Gasteiger partial charge in [0, 0.05) is 38.3 Å². The lowest BCUT2D eigenvalue weighted by Gasteiger charge is -2.30. The molecule has 0 spiro atoms. The van der Waals surface area contributed by atoms with E-state index in [0.717, 1.165) is 11.1 Å². The summed E-state index contributed by atoms with van der Waals surface area (Å²) < 4.78 is 11.5. The van der Waals surface area contributed by atoms with Gasteiger partial charge in [0.2, 0.25) is 11.8 Å².